The van der Waals surface area contributed by atoms with Crippen LogP contribution in [0.4, 0.5) is 4.39 Å². The van der Waals surface area contributed by atoms with Gasteiger partial charge in [-0.1, -0.05) is 61.5 Å². The topological polar surface area (TPSA) is 12.5 Å². The summed E-state index contributed by atoms with van der Waals surface area (Å²) in [6.07, 6.45) is 14.5. The first kappa shape index (κ1) is 22.1. The molecule has 2 nitrogen and oxygen atoms in total. The molecule has 2 unspecified atom stereocenters. The van der Waals surface area contributed by atoms with Gasteiger partial charge in [0, 0.05) is 19.1 Å². The Morgan fingerprint density at radius 1 is 1.00 bits per heavy atom. The lowest BCUT2D eigenvalue weighted by atomic mass is 9.58. The average Bonchev–Trinajstić information content (AvgIpc) is 3.57. The molecule has 0 amide bonds. The van der Waals surface area contributed by atoms with Gasteiger partial charge in [-0.15, -0.1) is 0 Å². The second-order valence-electron chi connectivity index (χ2n) is 13.1. The number of benzene rings is 2. The molecule has 3 heterocycles. The number of likely N-dealkylation sites (tertiary alicyclic amines) is 1. The maximum absolute atomic E-state index is 14.0. The fourth-order valence-corrected chi connectivity index (χ4v) is 9.74. The summed E-state index contributed by atoms with van der Waals surface area (Å²) < 4.78 is 21.5. The molecule has 188 valence electrons. The Labute approximate surface area is 214 Å². The minimum atomic E-state index is -0.638. The van der Waals surface area contributed by atoms with Crippen LogP contribution in [-0.2, 0) is 4.74 Å². The van der Waals surface area contributed by atoms with E-state index < -0.39 is 6.17 Å². The molecule has 2 saturated heterocycles. The van der Waals surface area contributed by atoms with Crippen LogP contribution in [0.2, 0.25) is 0 Å². The first-order valence-corrected chi connectivity index (χ1v) is 14.5. The molecule has 0 aromatic heterocycles. The van der Waals surface area contributed by atoms with Gasteiger partial charge in [0.05, 0.1) is 11.2 Å². The molecule has 2 spiro atoms. The lowest BCUT2D eigenvalue weighted by Gasteiger charge is -2.55. The summed E-state index contributed by atoms with van der Waals surface area (Å²) in [4.78, 5) is 2.44. The van der Waals surface area contributed by atoms with Crippen molar-refractivity contribution in [1.29, 1.82) is 0 Å². The molecule has 2 aromatic carbocycles. The zero-order valence-corrected chi connectivity index (χ0v) is 21.5. The number of halogens is 1. The first-order chi connectivity index (χ1) is 17.5. The summed E-state index contributed by atoms with van der Waals surface area (Å²) >= 11 is 0. The van der Waals surface area contributed by atoms with Crippen molar-refractivity contribution in [2.24, 2.45) is 11.3 Å². The van der Waals surface area contributed by atoms with Gasteiger partial charge in [-0.2, -0.15) is 0 Å². The van der Waals surface area contributed by atoms with Gasteiger partial charge in [0.15, 0.2) is 0 Å². The number of alkyl halides is 1. The van der Waals surface area contributed by atoms with Crippen molar-refractivity contribution in [3.8, 4) is 0 Å². The van der Waals surface area contributed by atoms with E-state index in [1.54, 1.807) is 5.57 Å². The first-order valence-electron chi connectivity index (χ1n) is 14.5. The third-order valence-corrected chi connectivity index (χ3v) is 11.5. The second-order valence-corrected chi connectivity index (χ2v) is 13.1. The van der Waals surface area contributed by atoms with Crippen molar-refractivity contribution >= 4 is 10.8 Å². The van der Waals surface area contributed by atoms with Crippen LogP contribution in [0.5, 0.6) is 0 Å². The highest BCUT2D eigenvalue weighted by molar-refractivity contribution is 5.83. The zero-order valence-electron chi connectivity index (χ0n) is 21.5. The molecule has 0 N–H and O–H groups in total. The second kappa shape index (κ2) is 7.54. The molecule has 36 heavy (non-hydrogen) atoms. The van der Waals surface area contributed by atoms with E-state index in [-0.39, 0.29) is 16.6 Å². The fourth-order valence-electron chi connectivity index (χ4n) is 9.74. The molecule has 2 bridgehead atoms. The van der Waals surface area contributed by atoms with Crippen molar-refractivity contribution in [2.45, 2.75) is 94.0 Å². The van der Waals surface area contributed by atoms with Gasteiger partial charge in [0.2, 0.25) is 0 Å². The van der Waals surface area contributed by atoms with Crippen LogP contribution in [0.25, 0.3) is 10.8 Å². The van der Waals surface area contributed by atoms with Crippen LogP contribution in [0, 0.1) is 11.3 Å². The summed E-state index contributed by atoms with van der Waals surface area (Å²) in [5.74, 6) is 1.15. The van der Waals surface area contributed by atoms with Gasteiger partial charge < -0.3 is 4.74 Å². The minimum absolute atomic E-state index is 0.103. The summed E-state index contributed by atoms with van der Waals surface area (Å²) in [6.45, 7) is 4.12. The average molecular weight is 484 g/mol. The Morgan fingerprint density at radius 3 is 2.75 bits per heavy atom. The highest BCUT2D eigenvalue weighted by Crippen LogP contribution is 2.69. The third kappa shape index (κ3) is 2.91. The fraction of sp³-hybridized carbons (Fsp3) is 0.576. The molecule has 2 saturated carbocycles. The van der Waals surface area contributed by atoms with Gasteiger partial charge in [-0.3, -0.25) is 4.90 Å². The molecule has 7 atom stereocenters. The van der Waals surface area contributed by atoms with Crippen LogP contribution in [0.3, 0.4) is 0 Å². The number of allylic oxidation sites excluding steroid dienone is 1. The molecule has 6 aliphatic rings. The molecule has 3 aliphatic heterocycles. The van der Waals surface area contributed by atoms with E-state index in [2.05, 4.69) is 66.4 Å². The van der Waals surface area contributed by atoms with Crippen LogP contribution in [0.15, 0.2) is 65.8 Å². The maximum atomic E-state index is 14.0. The highest BCUT2D eigenvalue weighted by Gasteiger charge is 2.66. The predicted molar refractivity (Wildman–Crippen MR) is 143 cm³/mol. The summed E-state index contributed by atoms with van der Waals surface area (Å²) in [5, 5.41) is 2.69. The van der Waals surface area contributed by atoms with Crippen LogP contribution >= 0.6 is 0 Å². The number of ether oxygens (including phenoxy) is 1. The summed E-state index contributed by atoms with van der Waals surface area (Å²) in [5.41, 5.74) is 4.57. The normalized spacial score (nSPS) is 43.6. The predicted octanol–water partition coefficient (Wildman–Crippen LogP) is 7.49. The maximum Gasteiger partial charge on any atom is 0.114 e. The van der Waals surface area contributed by atoms with Crippen LogP contribution in [0.1, 0.15) is 76.2 Å². The molecule has 4 fully saturated rings. The lowest BCUT2D eigenvalue weighted by molar-refractivity contribution is -0.140. The number of fused-ring (bicyclic) bond motifs is 2. The van der Waals surface area contributed by atoms with E-state index in [1.165, 1.54) is 34.8 Å². The van der Waals surface area contributed by atoms with E-state index in [1.807, 2.05) is 0 Å². The minimum Gasteiger partial charge on any atom is -0.359 e. The van der Waals surface area contributed by atoms with E-state index in [4.69, 9.17) is 4.74 Å². The molecule has 0 radical (unpaired) electrons. The number of hydrogen-bond donors (Lipinski definition) is 0. The molecule has 3 aliphatic carbocycles. The van der Waals surface area contributed by atoms with Crippen molar-refractivity contribution in [3.05, 3.63) is 71.3 Å². The Kier molecular flexibility index (Phi) is 4.62. The molecular formula is C33H38FNO. The van der Waals surface area contributed by atoms with E-state index in [9.17, 15) is 4.39 Å². The Bertz CT molecular complexity index is 1300. The monoisotopic (exact) mass is 483 g/mol. The van der Waals surface area contributed by atoms with E-state index in [0.717, 1.165) is 45.1 Å². The highest BCUT2D eigenvalue weighted by atomic mass is 19.1. The molecule has 3 heteroatoms. The summed E-state index contributed by atoms with van der Waals surface area (Å²) in [6, 6.07) is 16.4. The quantitative estimate of drug-likeness (QED) is 0.439. The van der Waals surface area contributed by atoms with Gasteiger partial charge >= 0.3 is 0 Å². The Hall–Kier alpha value is -1.97. The number of hydrogen-bond acceptors (Lipinski definition) is 2. The molecular weight excluding hydrogens is 445 g/mol. The van der Waals surface area contributed by atoms with Crippen molar-refractivity contribution < 1.29 is 9.13 Å². The number of nitrogens with zero attached hydrogens (tertiary/aromatic N) is 1. The molecule has 8 rings (SSSR count). The SMILES string of the molecule is C[C@]12CC=C3C=C4CC[C@@H](N5CC[C@@H](F)C5)C[C@]45CCC3(O5)[C@@H]1CCC2c1ccc2ccccc2c1. The third-order valence-electron chi connectivity index (χ3n) is 11.5. The lowest BCUT2D eigenvalue weighted by Crippen LogP contribution is -2.55. The van der Waals surface area contributed by atoms with Gasteiger partial charge in [0.1, 0.15) is 6.17 Å². The van der Waals surface area contributed by atoms with Crippen molar-refractivity contribution in [2.75, 3.05) is 13.1 Å². The van der Waals surface area contributed by atoms with E-state index >= 15 is 0 Å². The summed E-state index contributed by atoms with van der Waals surface area (Å²) in [7, 11) is 0. The smallest absolute Gasteiger partial charge is 0.114 e. The van der Waals surface area contributed by atoms with Gasteiger partial charge in [-0.05, 0) is 103 Å². The van der Waals surface area contributed by atoms with Gasteiger partial charge in [0.25, 0.3) is 0 Å². The Balaban J connectivity index is 1.14. The van der Waals surface area contributed by atoms with Crippen LogP contribution in [-0.4, -0.2) is 41.4 Å². The van der Waals surface area contributed by atoms with Crippen LogP contribution < -0.4 is 0 Å². The molecule has 2 aromatic rings. The zero-order chi connectivity index (χ0) is 24.1. The largest absolute Gasteiger partial charge is 0.359 e. The van der Waals surface area contributed by atoms with Crippen molar-refractivity contribution in [1.82, 2.24) is 4.90 Å². The van der Waals surface area contributed by atoms with E-state index in [0.29, 0.717) is 30.8 Å². The standard InChI is InChI=1S/C33H38FNO/c1-31-14-12-26-19-25-8-9-28(35-17-13-27(34)21-35)20-32(25)15-16-33(26,36-32)30(31)11-10-29(31)24-7-6-22-4-2-3-5-23(22)18-24/h2-7,12,18-19,27-30H,8-11,13-17,20-21H2,1H3/t27-,28-,29?,30-,31-,32-,33?/m1/s1. The van der Waals surface area contributed by atoms with Crippen molar-refractivity contribution in [3.63, 3.8) is 0 Å². The number of rotatable bonds is 2. The van der Waals surface area contributed by atoms with Gasteiger partial charge in [-0.25, -0.2) is 4.39 Å². The Morgan fingerprint density at radius 2 is 1.89 bits per heavy atom.